The van der Waals surface area contributed by atoms with Crippen molar-refractivity contribution < 1.29 is 19.3 Å². The second-order valence-corrected chi connectivity index (χ2v) is 7.41. The molecule has 9 nitrogen and oxygen atoms in total. The number of hydrogen-bond acceptors (Lipinski definition) is 9. The molecule has 0 radical (unpaired) electrons. The van der Waals surface area contributed by atoms with Crippen LogP contribution in [-0.2, 0) is 9.47 Å². The smallest absolute Gasteiger partial charge is 0.215 e. The zero-order valence-electron chi connectivity index (χ0n) is 17.6. The first kappa shape index (κ1) is 21.4. The number of hydrogen-bond donors (Lipinski definition) is 2. The summed E-state index contributed by atoms with van der Waals surface area (Å²) < 4.78 is 16.9. The molecule has 0 saturated carbocycles. The van der Waals surface area contributed by atoms with E-state index in [1.54, 1.807) is 30.5 Å². The van der Waals surface area contributed by atoms with Crippen molar-refractivity contribution in [2.24, 2.45) is 5.10 Å². The number of ether oxygens (including phenoxy) is 3. The van der Waals surface area contributed by atoms with Gasteiger partial charge in [0.2, 0.25) is 5.88 Å². The standard InChI is InChI=1S/C22H29N5O4/c28-21-3-1-18(2-4-21)25-23-17-19-15-20(27-8-12-30-13-9-27)16-22(24-19)31-14-7-26-5-10-29-11-6-26/h1-4,15-17,25,28H,5-14H2/b23-17+. The van der Waals surface area contributed by atoms with Crippen LogP contribution in [-0.4, -0.2) is 87.0 Å². The summed E-state index contributed by atoms with van der Waals surface area (Å²) in [6, 6.07) is 10.7. The summed E-state index contributed by atoms with van der Waals surface area (Å²) in [4.78, 5) is 9.20. The molecule has 0 unspecified atom stereocenters. The van der Waals surface area contributed by atoms with Gasteiger partial charge in [0.05, 0.1) is 44.0 Å². The molecule has 2 aromatic rings. The van der Waals surface area contributed by atoms with Crippen LogP contribution in [0.4, 0.5) is 11.4 Å². The highest BCUT2D eigenvalue weighted by Gasteiger charge is 2.15. The zero-order valence-corrected chi connectivity index (χ0v) is 17.6. The first-order valence-corrected chi connectivity index (χ1v) is 10.6. The van der Waals surface area contributed by atoms with E-state index in [1.807, 2.05) is 12.1 Å². The van der Waals surface area contributed by atoms with Gasteiger partial charge < -0.3 is 24.2 Å². The summed E-state index contributed by atoms with van der Waals surface area (Å²) in [5.74, 6) is 0.802. The minimum atomic E-state index is 0.216. The van der Waals surface area contributed by atoms with E-state index in [1.165, 1.54) is 0 Å². The SMILES string of the molecule is Oc1ccc(N/N=C/c2cc(N3CCOCC3)cc(OCCN3CCOCC3)n2)cc1. The number of nitrogens with one attached hydrogen (secondary N) is 1. The molecule has 9 heteroatoms. The number of phenols is 1. The summed E-state index contributed by atoms with van der Waals surface area (Å²) in [5, 5.41) is 13.7. The van der Waals surface area contributed by atoms with Crippen molar-refractivity contribution >= 4 is 17.6 Å². The predicted octanol–water partition coefficient (Wildman–Crippen LogP) is 1.78. The highest BCUT2D eigenvalue weighted by Crippen LogP contribution is 2.22. The second-order valence-electron chi connectivity index (χ2n) is 7.41. The summed E-state index contributed by atoms with van der Waals surface area (Å²) in [5.41, 5.74) is 5.48. The Morgan fingerprint density at radius 3 is 2.48 bits per heavy atom. The number of pyridine rings is 1. The van der Waals surface area contributed by atoms with Gasteiger partial charge >= 0.3 is 0 Å². The fourth-order valence-electron chi connectivity index (χ4n) is 3.47. The summed E-state index contributed by atoms with van der Waals surface area (Å²) in [7, 11) is 0. The van der Waals surface area contributed by atoms with E-state index in [9.17, 15) is 5.11 Å². The maximum absolute atomic E-state index is 9.39. The molecule has 31 heavy (non-hydrogen) atoms. The van der Waals surface area contributed by atoms with Gasteiger partial charge in [-0.2, -0.15) is 5.10 Å². The third-order valence-electron chi connectivity index (χ3n) is 5.20. The number of benzene rings is 1. The molecule has 4 rings (SSSR count). The van der Waals surface area contributed by atoms with E-state index in [0.717, 1.165) is 57.3 Å². The van der Waals surface area contributed by atoms with Crippen LogP contribution in [0, 0.1) is 0 Å². The molecule has 3 heterocycles. The molecule has 0 aliphatic carbocycles. The number of aromatic nitrogens is 1. The lowest BCUT2D eigenvalue weighted by atomic mass is 10.2. The van der Waals surface area contributed by atoms with Crippen molar-refractivity contribution in [3.63, 3.8) is 0 Å². The molecule has 0 amide bonds. The topological polar surface area (TPSA) is 91.7 Å². The van der Waals surface area contributed by atoms with E-state index in [4.69, 9.17) is 14.2 Å². The van der Waals surface area contributed by atoms with Crippen molar-refractivity contribution in [1.82, 2.24) is 9.88 Å². The van der Waals surface area contributed by atoms with Gasteiger partial charge in [-0.3, -0.25) is 10.3 Å². The first-order valence-electron chi connectivity index (χ1n) is 10.6. The molecule has 2 N–H and O–H groups in total. The monoisotopic (exact) mass is 427 g/mol. The molecule has 2 saturated heterocycles. The molecule has 0 atom stereocenters. The van der Waals surface area contributed by atoms with E-state index >= 15 is 0 Å². The molecule has 2 aliphatic rings. The number of aromatic hydroxyl groups is 1. The van der Waals surface area contributed by atoms with E-state index < -0.39 is 0 Å². The Labute approximate surface area is 182 Å². The van der Waals surface area contributed by atoms with E-state index in [0.29, 0.717) is 31.4 Å². The van der Waals surface area contributed by atoms with Crippen molar-refractivity contribution in [1.29, 1.82) is 0 Å². The predicted molar refractivity (Wildman–Crippen MR) is 119 cm³/mol. The average Bonchev–Trinajstić information content (AvgIpc) is 2.82. The number of morpholine rings is 2. The van der Waals surface area contributed by atoms with Crippen molar-refractivity contribution in [2.45, 2.75) is 0 Å². The van der Waals surface area contributed by atoms with Crippen LogP contribution in [0.15, 0.2) is 41.5 Å². The van der Waals surface area contributed by atoms with Gasteiger partial charge in [-0.1, -0.05) is 0 Å². The van der Waals surface area contributed by atoms with Gasteiger partial charge in [-0.05, 0) is 30.3 Å². The molecule has 1 aromatic heterocycles. The lowest BCUT2D eigenvalue weighted by Gasteiger charge is -2.29. The third-order valence-corrected chi connectivity index (χ3v) is 5.20. The molecule has 2 fully saturated rings. The lowest BCUT2D eigenvalue weighted by Crippen LogP contribution is -2.38. The van der Waals surface area contributed by atoms with Crippen molar-refractivity contribution in [3.8, 4) is 11.6 Å². The van der Waals surface area contributed by atoms with Crippen LogP contribution in [0.3, 0.4) is 0 Å². The van der Waals surface area contributed by atoms with Gasteiger partial charge in [0, 0.05) is 44.5 Å². The highest BCUT2D eigenvalue weighted by molar-refractivity contribution is 5.80. The fourth-order valence-corrected chi connectivity index (χ4v) is 3.47. The molecule has 1 aromatic carbocycles. The second kappa shape index (κ2) is 10.9. The summed E-state index contributed by atoms with van der Waals surface area (Å²) >= 11 is 0. The van der Waals surface area contributed by atoms with Crippen LogP contribution in [0.1, 0.15) is 5.69 Å². The maximum atomic E-state index is 9.39. The van der Waals surface area contributed by atoms with Crippen molar-refractivity contribution in [2.75, 3.05) is 76.1 Å². The first-order chi connectivity index (χ1) is 15.3. The Kier molecular flexibility index (Phi) is 7.54. The largest absolute Gasteiger partial charge is 0.508 e. The summed E-state index contributed by atoms with van der Waals surface area (Å²) in [6.07, 6.45) is 1.67. The van der Waals surface area contributed by atoms with E-state index in [2.05, 4.69) is 25.3 Å². The number of rotatable bonds is 8. The molecule has 0 spiro atoms. The maximum Gasteiger partial charge on any atom is 0.215 e. The van der Waals surface area contributed by atoms with Gasteiger partial charge in [0.15, 0.2) is 0 Å². The van der Waals surface area contributed by atoms with Crippen molar-refractivity contribution in [3.05, 3.63) is 42.1 Å². The molecular weight excluding hydrogens is 398 g/mol. The number of nitrogens with zero attached hydrogens (tertiary/aromatic N) is 4. The molecule has 0 bridgehead atoms. The van der Waals surface area contributed by atoms with Gasteiger partial charge in [0.1, 0.15) is 12.4 Å². The number of anilines is 2. The highest BCUT2D eigenvalue weighted by atomic mass is 16.5. The van der Waals surface area contributed by atoms with Gasteiger partial charge in [0.25, 0.3) is 0 Å². The number of phenolic OH excluding ortho intramolecular Hbond substituents is 1. The Morgan fingerprint density at radius 1 is 1.03 bits per heavy atom. The fraction of sp³-hybridized carbons (Fsp3) is 0.455. The molecule has 166 valence electrons. The Morgan fingerprint density at radius 2 is 1.74 bits per heavy atom. The normalized spacial score (nSPS) is 17.7. The number of hydrazone groups is 1. The van der Waals surface area contributed by atoms with Gasteiger partial charge in [-0.25, -0.2) is 4.98 Å². The van der Waals surface area contributed by atoms with Crippen LogP contribution >= 0.6 is 0 Å². The Balaban J connectivity index is 1.42. The van der Waals surface area contributed by atoms with Crippen LogP contribution in [0.5, 0.6) is 11.6 Å². The molecule has 2 aliphatic heterocycles. The van der Waals surface area contributed by atoms with Crippen LogP contribution < -0.4 is 15.1 Å². The van der Waals surface area contributed by atoms with E-state index in [-0.39, 0.29) is 5.75 Å². The summed E-state index contributed by atoms with van der Waals surface area (Å²) in [6.45, 7) is 7.93. The van der Waals surface area contributed by atoms with Crippen LogP contribution in [0.25, 0.3) is 0 Å². The molecular formula is C22H29N5O4. The minimum Gasteiger partial charge on any atom is -0.508 e. The third kappa shape index (κ3) is 6.55. The van der Waals surface area contributed by atoms with Gasteiger partial charge in [-0.15, -0.1) is 0 Å². The minimum absolute atomic E-state index is 0.216. The van der Waals surface area contributed by atoms with Crippen LogP contribution in [0.2, 0.25) is 0 Å². The quantitative estimate of drug-likeness (QED) is 0.374. The zero-order chi connectivity index (χ0) is 21.3. The lowest BCUT2D eigenvalue weighted by molar-refractivity contribution is 0.0320. The Hall–Kier alpha value is -2.88. The average molecular weight is 428 g/mol. The Bertz CT molecular complexity index is 849.